The van der Waals surface area contributed by atoms with Crippen LogP contribution < -0.4 is 10.6 Å². The Labute approximate surface area is 174 Å². The van der Waals surface area contributed by atoms with Gasteiger partial charge in [0.2, 0.25) is 0 Å². The number of pyridine rings is 2. The number of amides is 1. The van der Waals surface area contributed by atoms with Gasteiger partial charge in [-0.1, -0.05) is 30.3 Å². The minimum absolute atomic E-state index is 0.265. The van der Waals surface area contributed by atoms with Crippen LogP contribution >= 0.6 is 0 Å². The maximum atomic E-state index is 12.8. The predicted molar refractivity (Wildman–Crippen MR) is 114 cm³/mol. The van der Waals surface area contributed by atoms with E-state index in [2.05, 4.69) is 30.6 Å². The van der Waals surface area contributed by atoms with E-state index in [-0.39, 0.29) is 5.91 Å². The first kappa shape index (κ1) is 19.2. The quantitative estimate of drug-likeness (QED) is 0.497. The molecule has 4 aromatic rings. The van der Waals surface area contributed by atoms with Crippen molar-refractivity contribution in [2.45, 2.75) is 13.1 Å². The number of nitrogens with zero attached hydrogens (tertiary/aromatic N) is 4. The molecule has 1 aromatic carbocycles. The molecule has 7 nitrogen and oxygen atoms in total. The fourth-order valence-electron chi connectivity index (χ4n) is 2.84. The lowest BCUT2D eigenvalue weighted by Gasteiger charge is -2.11. The Morgan fingerprint density at radius 1 is 0.767 bits per heavy atom. The standard InChI is InChI=1S/C23H20N6O/c30-23(27-16-18-8-12-25-13-9-18)20-14-21(26-15-17-6-10-24-11-7-17)29-22(28-20)19-4-2-1-3-5-19/h1-14H,15-16H2,(H,27,30)(H,26,28,29). The summed E-state index contributed by atoms with van der Waals surface area (Å²) in [6.07, 6.45) is 6.87. The number of nitrogens with one attached hydrogen (secondary N) is 2. The van der Waals surface area contributed by atoms with Crippen molar-refractivity contribution < 1.29 is 4.79 Å². The molecule has 0 saturated carbocycles. The Kier molecular flexibility index (Phi) is 6.00. The molecule has 0 bridgehead atoms. The lowest BCUT2D eigenvalue weighted by molar-refractivity contribution is 0.0946. The molecular weight excluding hydrogens is 376 g/mol. The van der Waals surface area contributed by atoms with Crippen LogP contribution in [0, 0.1) is 0 Å². The highest BCUT2D eigenvalue weighted by molar-refractivity contribution is 5.93. The van der Waals surface area contributed by atoms with E-state index in [1.165, 1.54) is 0 Å². The van der Waals surface area contributed by atoms with Crippen LogP contribution in [-0.2, 0) is 13.1 Å². The number of anilines is 1. The number of hydrogen-bond donors (Lipinski definition) is 2. The predicted octanol–water partition coefficient (Wildman–Crippen LogP) is 3.48. The van der Waals surface area contributed by atoms with E-state index in [1.807, 2.05) is 54.6 Å². The van der Waals surface area contributed by atoms with Crippen LogP contribution in [0.5, 0.6) is 0 Å². The maximum absolute atomic E-state index is 12.8. The fourth-order valence-corrected chi connectivity index (χ4v) is 2.84. The molecule has 0 fully saturated rings. The topological polar surface area (TPSA) is 92.7 Å². The van der Waals surface area contributed by atoms with E-state index >= 15 is 0 Å². The van der Waals surface area contributed by atoms with E-state index in [1.54, 1.807) is 30.9 Å². The summed E-state index contributed by atoms with van der Waals surface area (Å²) in [7, 11) is 0. The van der Waals surface area contributed by atoms with E-state index in [4.69, 9.17) is 0 Å². The van der Waals surface area contributed by atoms with Gasteiger partial charge in [0.05, 0.1) is 0 Å². The normalized spacial score (nSPS) is 10.4. The molecule has 0 radical (unpaired) electrons. The molecule has 1 amide bonds. The molecule has 0 spiro atoms. The first-order valence-electron chi connectivity index (χ1n) is 9.52. The van der Waals surface area contributed by atoms with Crippen LogP contribution in [0.15, 0.2) is 85.5 Å². The van der Waals surface area contributed by atoms with Crippen molar-refractivity contribution in [3.63, 3.8) is 0 Å². The molecule has 3 aromatic heterocycles. The van der Waals surface area contributed by atoms with Crippen LogP contribution in [0.3, 0.4) is 0 Å². The Balaban J connectivity index is 1.57. The second kappa shape index (κ2) is 9.38. The van der Waals surface area contributed by atoms with E-state index < -0.39 is 0 Å². The molecule has 148 valence electrons. The van der Waals surface area contributed by atoms with Gasteiger partial charge >= 0.3 is 0 Å². The average Bonchev–Trinajstić information content (AvgIpc) is 2.83. The highest BCUT2D eigenvalue weighted by atomic mass is 16.1. The van der Waals surface area contributed by atoms with Crippen molar-refractivity contribution in [2.75, 3.05) is 5.32 Å². The number of carbonyl (C=O) groups excluding carboxylic acids is 1. The minimum Gasteiger partial charge on any atom is -0.366 e. The molecule has 4 rings (SSSR count). The third kappa shape index (κ3) is 5.02. The van der Waals surface area contributed by atoms with E-state index in [0.29, 0.717) is 30.4 Å². The van der Waals surface area contributed by atoms with Crippen LogP contribution in [0.25, 0.3) is 11.4 Å². The Bertz CT molecular complexity index is 1100. The molecule has 0 saturated heterocycles. The minimum atomic E-state index is -0.265. The van der Waals surface area contributed by atoms with Gasteiger partial charge in [-0.15, -0.1) is 0 Å². The van der Waals surface area contributed by atoms with Crippen LogP contribution in [0.4, 0.5) is 5.82 Å². The molecule has 0 aliphatic rings. The highest BCUT2D eigenvalue weighted by Gasteiger charge is 2.13. The monoisotopic (exact) mass is 396 g/mol. The first-order chi connectivity index (χ1) is 14.8. The maximum Gasteiger partial charge on any atom is 0.270 e. The van der Waals surface area contributed by atoms with Crippen molar-refractivity contribution in [1.82, 2.24) is 25.3 Å². The third-order valence-corrected chi connectivity index (χ3v) is 4.42. The van der Waals surface area contributed by atoms with Crippen molar-refractivity contribution >= 4 is 11.7 Å². The Morgan fingerprint density at radius 3 is 2.07 bits per heavy atom. The van der Waals surface area contributed by atoms with E-state index in [9.17, 15) is 4.79 Å². The molecule has 0 unspecified atom stereocenters. The van der Waals surface area contributed by atoms with Crippen molar-refractivity contribution in [1.29, 1.82) is 0 Å². The van der Waals surface area contributed by atoms with Gasteiger partial charge in [0, 0.05) is 49.5 Å². The van der Waals surface area contributed by atoms with Gasteiger partial charge in [0.25, 0.3) is 5.91 Å². The lowest BCUT2D eigenvalue weighted by Crippen LogP contribution is -2.24. The summed E-state index contributed by atoms with van der Waals surface area (Å²) in [6.45, 7) is 0.956. The molecule has 0 aliphatic heterocycles. The van der Waals surface area contributed by atoms with Gasteiger partial charge in [-0.3, -0.25) is 14.8 Å². The molecule has 3 heterocycles. The summed E-state index contributed by atoms with van der Waals surface area (Å²) in [6, 6.07) is 18.8. The van der Waals surface area contributed by atoms with Gasteiger partial charge in [-0.25, -0.2) is 9.97 Å². The van der Waals surface area contributed by atoms with Crippen molar-refractivity contribution in [2.24, 2.45) is 0 Å². The second-order valence-corrected chi connectivity index (χ2v) is 6.58. The zero-order valence-electron chi connectivity index (χ0n) is 16.2. The highest BCUT2D eigenvalue weighted by Crippen LogP contribution is 2.18. The molecular formula is C23H20N6O. The second-order valence-electron chi connectivity index (χ2n) is 6.58. The number of aromatic nitrogens is 4. The van der Waals surface area contributed by atoms with Crippen LogP contribution in [-0.4, -0.2) is 25.8 Å². The van der Waals surface area contributed by atoms with Gasteiger partial charge < -0.3 is 10.6 Å². The van der Waals surface area contributed by atoms with E-state index in [0.717, 1.165) is 16.7 Å². The average molecular weight is 396 g/mol. The Hall–Kier alpha value is -4.13. The number of carbonyl (C=O) groups is 1. The molecule has 0 atom stereocenters. The van der Waals surface area contributed by atoms with Crippen molar-refractivity contribution in [3.8, 4) is 11.4 Å². The first-order valence-corrected chi connectivity index (χ1v) is 9.52. The molecule has 7 heteroatoms. The van der Waals surface area contributed by atoms with Gasteiger partial charge in [-0.2, -0.15) is 0 Å². The third-order valence-electron chi connectivity index (χ3n) is 4.42. The zero-order chi connectivity index (χ0) is 20.6. The van der Waals surface area contributed by atoms with Crippen molar-refractivity contribution in [3.05, 3.63) is 102 Å². The smallest absolute Gasteiger partial charge is 0.270 e. The van der Waals surface area contributed by atoms with Crippen LogP contribution in [0.1, 0.15) is 21.6 Å². The largest absolute Gasteiger partial charge is 0.366 e. The van der Waals surface area contributed by atoms with Gasteiger partial charge in [0.1, 0.15) is 11.5 Å². The number of hydrogen-bond acceptors (Lipinski definition) is 6. The summed E-state index contributed by atoms with van der Waals surface area (Å²) in [4.78, 5) is 29.9. The van der Waals surface area contributed by atoms with Gasteiger partial charge in [0.15, 0.2) is 5.82 Å². The van der Waals surface area contributed by atoms with Gasteiger partial charge in [-0.05, 0) is 35.4 Å². The number of rotatable bonds is 7. The number of benzene rings is 1. The molecule has 2 N–H and O–H groups in total. The summed E-state index contributed by atoms with van der Waals surface area (Å²) in [5.74, 6) is 0.803. The lowest BCUT2D eigenvalue weighted by atomic mass is 10.2. The fraction of sp³-hybridized carbons (Fsp3) is 0.0870. The summed E-state index contributed by atoms with van der Waals surface area (Å²) >= 11 is 0. The van der Waals surface area contributed by atoms with Crippen LogP contribution in [0.2, 0.25) is 0 Å². The zero-order valence-corrected chi connectivity index (χ0v) is 16.2. The molecule has 0 aliphatic carbocycles. The summed E-state index contributed by atoms with van der Waals surface area (Å²) in [5.41, 5.74) is 3.17. The molecule has 30 heavy (non-hydrogen) atoms. The SMILES string of the molecule is O=C(NCc1ccncc1)c1cc(NCc2ccncc2)nc(-c2ccccc2)n1. The Morgan fingerprint density at radius 2 is 1.40 bits per heavy atom. The summed E-state index contributed by atoms with van der Waals surface area (Å²) in [5, 5.41) is 6.17. The summed E-state index contributed by atoms with van der Waals surface area (Å²) < 4.78 is 0.